The van der Waals surface area contributed by atoms with E-state index in [1.807, 2.05) is 0 Å². The second-order valence-corrected chi connectivity index (χ2v) is 3.42. The summed E-state index contributed by atoms with van der Waals surface area (Å²) in [6.45, 7) is 0.252. The molecule has 2 rings (SSSR count). The summed E-state index contributed by atoms with van der Waals surface area (Å²) in [5.41, 5.74) is 6.16. The van der Waals surface area contributed by atoms with Crippen LogP contribution in [0.4, 0.5) is 4.39 Å². The Morgan fingerprint density at radius 1 is 1.41 bits per heavy atom. The number of hydrogen-bond acceptors (Lipinski definition) is 5. The van der Waals surface area contributed by atoms with Crippen molar-refractivity contribution < 1.29 is 13.7 Å². The summed E-state index contributed by atoms with van der Waals surface area (Å²) < 4.78 is 22.9. The van der Waals surface area contributed by atoms with Crippen molar-refractivity contribution in [3.8, 4) is 11.4 Å². The SMILES string of the molecule is COC(CN)c1nc(-c2ccc(F)cc2)no1. The third-order valence-electron chi connectivity index (χ3n) is 2.32. The molecule has 0 saturated heterocycles. The van der Waals surface area contributed by atoms with Gasteiger partial charge in [-0.25, -0.2) is 4.39 Å². The fourth-order valence-electron chi connectivity index (χ4n) is 1.38. The molecule has 1 aromatic carbocycles. The molecule has 0 aliphatic carbocycles. The molecule has 2 aromatic rings. The van der Waals surface area contributed by atoms with Gasteiger partial charge in [-0.05, 0) is 24.3 Å². The van der Waals surface area contributed by atoms with E-state index in [0.29, 0.717) is 17.3 Å². The van der Waals surface area contributed by atoms with Crippen molar-refractivity contribution in [3.05, 3.63) is 36.0 Å². The molecular formula is C11H12FN3O2. The number of nitrogens with two attached hydrogens (primary N) is 1. The van der Waals surface area contributed by atoms with Crippen LogP contribution in [0.5, 0.6) is 0 Å². The van der Waals surface area contributed by atoms with Crippen LogP contribution in [0.1, 0.15) is 12.0 Å². The maximum Gasteiger partial charge on any atom is 0.257 e. The Bertz CT molecular complexity index is 480. The van der Waals surface area contributed by atoms with E-state index < -0.39 is 6.10 Å². The molecule has 1 heterocycles. The quantitative estimate of drug-likeness (QED) is 0.872. The van der Waals surface area contributed by atoms with Gasteiger partial charge in [0.25, 0.3) is 5.89 Å². The third kappa shape index (κ3) is 2.48. The van der Waals surface area contributed by atoms with E-state index in [4.69, 9.17) is 15.0 Å². The minimum absolute atomic E-state index is 0.252. The lowest BCUT2D eigenvalue weighted by molar-refractivity contribution is 0.0804. The highest BCUT2D eigenvalue weighted by molar-refractivity contribution is 5.53. The Balaban J connectivity index is 2.26. The number of halogens is 1. The van der Waals surface area contributed by atoms with Crippen molar-refractivity contribution in [2.75, 3.05) is 13.7 Å². The van der Waals surface area contributed by atoms with Crippen LogP contribution in [0.15, 0.2) is 28.8 Å². The van der Waals surface area contributed by atoms with Gasteiger partial charge in [0.15, 0.2) is 0 Å². The highest BCUT2D eigenvalue weighted by Crippen LogP contribution is 2.19. The number of nitrogens with zero attached hydrogens (tertiary/aromatic N) is 2. The first kappa shape index (κ1) is 11.7. The molecular weight excluding hydrogens is 225 g/mol. The fraction of sp³-hybridized carbons (Fsp3) is 0.273. The van der Waals surface area contributed by atoms with Gasteiger partial charge in [0.2, 0.25) is 5.82 Å². The van der Waals surface area contributed by atoms with Crippen molar-refractivity contribution in [2.45, 2.75) is 6.10 Å². The smallest absolute Gasteiger partial charge is 0.257 e. The van der Waals surface area contributed by atoms with Crippen LogP contribution in [0, 0.1) is 5.82 Å². The molecule has 0 amide bonds. The first-order chi connectivity index (χ1) is 8.24. The molecule has 6 heteroatoms. The summed E-state index contributed by atoms with van der Waals surface area (Å²) in [6, 6.07) is 5.83. The highest BCUT2D eigenvalue weighted by atomic mass is 19.1. The Morgan fingerprint density at radius 3 is 2.71 bits per heavy atom. The molecule has 90 valence electrons. The standard InChI is InChI=1S/C11H12FN3O2/c1-16-9(6-13)11-14-10(15-17-11)7-2-4-8(12)5-3-7/h2-5,9H,6,13H2,1H3. The van der Waals surface area contributed by atoms with Crippen molar-refractivity contribution in [2.24, 2.45) is 5.73 Å². The van der Waals surface area contributed by atoms with Gasteiger partial charge in [-0.2, -0.15) is 4.98 Å². The van der Waals surface area contributed by atoms with Crippen molar-refractivity contribution in [1.82, 2.24) is 10.1 Å². The molecule has 1 unspecified atom stereocenters. The van der Waals surface area contributed by atoms with Crippen molar-refractivity contribution in [3.63, 3.8) is 0 Å². The Labute approximate surface area is 97.4 Å². The second-order valence-electron chi connectivity index (χ2n) is 3.42. The molecule has 0 bridgehead atoms. The molecule has 0 radical (unpaired) electrons. The van der Waals surface area contributed by atoms with Crippen LogP contribution in [0.25, 0.3) is 11.4 Å². The average molecular weight is 237 g/mol. The monoisotopic (exact) mass is 237 g/mol. The predicted octanol–water partition coefficient (Wildman–Crippen LogP) is 1.52. The third-order valence-corrected chi connectivity index (χ3v) is 2.32. The summed E-state index contributed by atoms with van der Waals surface area (Å²) in [5.74, 6) is 0.388. The van der Waals surface area contributed by atoms with E-state index >= 15 is 0 Å². The Kier molecular flexibility index (Phi) is 3.46. The van der Waals surface area contributed by atoms with Crippen LogP contribution >= 0.6 is 0 Å². The molecule has 5 nitrogen and oxygen atoms in total. The summed E-state index contributed by atoms with van der Waals surface area (Å²) >= 11 is 0. The van der Waals surface area contributed by atoms with Crippen LogP contribution in [0.3, 0.4) is 0 Å². The van der Waals surface area contributed by atoms with Gasteiger partial charge in [0, 0.05) is 19.2 Å². The van der Waals surface area contributed by atoms with E-state index in [-0.39, 0.29) is 12.4 Å². The first-order valence-electron chi connectivity index (χ1n) is 5.07. The van der Waals surface area contributed by atoms with Gasteiger partial charge in [-0.3, -0.25) is 0 Å². The lowest BCUT2D eigenvalue weighted by Crippen LogP contribution is -2.14. The van der Waals surface area contributed by atoms with E-state index in [1.54, 1.807) is 12.1 Å². The molecule has 0 saturated carbocycles. The van der Waals surface area contributed by atoms with Gasteiger partial charge in [-0.15, -0.1) is 0 Å². The number of aromatic nitrogens is 2. The topological polar surface area (TPSA) is 74.2 Å². The maximum atomic E-state index is 12.7. The Morgan fingerprint density at radius 2 is 2.12 bits per heavy atom. The zero-order chi connectivity index (χ0) is 12.3. The number of rotatable bonds is 4. The van der Waals surface area contributed by atoms with E-state index in [9.17, 15) is 4.39 Å². The minimum atomic E-state index is -0.420. The van der Waals surface area contributed by atoms with Gasteiger partial charge < -0.3 is 15.0 Å². The summed E-state index contributed by atoms with van der Waals surface area (Å²) in [6.07, 6.45) is -0.420. The van der Waals surface area contributed by atoms with E-state index in [1.165, 1.54) is 19.2 Å². The van der Waals surface area contributed by atoms with Gasteiger partial charge in [-0.1, -0.05) is 5.16 Å². The van der Waals surface area contributed by atoms with Crippen LogP contribution in [-0.2, 0) is 4.74 Å². The van der Waals surface area contributed by atoms with Gasteiger partial charge >= 0.3 is 0 Å². The average Bonchev–Trinajstić information content (AvgIpc) is 2.81. The molecule has 1 aromatic heterocycles. The van der Waals surface area contributed by atoms with Crippen LogP contribution < -0.4 is 5.73 Å². The number of benzene rings is 1. The Hall–Kier alpha value is -1.79. The van der Waals surface area contributed by atoms with Crippen molar-refractivity contribution >= 4 is 0 Å². The molecule has 2 N–H and O–H groups in total. The molecule has 0 aliphatic heterocycles. The normalized spacial score (nSPS) is 12.6. The maximum absolute atomic E-state index is 12.7. The lowest BCUT2D eigenvalue weighted by atomic mass is 10.2. The predicted molar refractivity (Wildman–Crippen MR) is 58.5 cm³/mol. The molecule has 0 fully saturated rings. The van der Waals surface area contributed by atoms with Gasteiger partial charge in [0.1, 0.15) is 11.9 Å². The molecule has 0 spiro atoms. The highest BCUT2D eigenvalue weighted by Gasteiger charge is 2.17. The number of ether oxygens (including phenoxy) is 1. The van der Waals surface area contributed by atoms with Gasteiger partial charge in [0.05, 0.1) is 0 Å². The largest absolute Gasteiger partial charge is 0.370 e. The van der Waals surface area contributed by atoms with Crippen molar-refractivity contribution in [1.29, 1.82) is 0 Å². The second kappa shape index (κ2) is 5.03. The zero-order valence-corrected chi connectivity index (χ0v) is 9.26. The summed E-state index contributed by atoms with van der Waals surface area (Å²) in [4.78, 5) is 4.15. The first-order valence-corrected chi connectivity index (χ1v) is 5.07. The molecule has 1 atom stereocenters. The van der Waals surface area contributed by atoms with Crippen LogP contribution in [-0.4, -0.2) is 23.8 Å². The summed E-state index contributed by atoms with van der Waals surface area (Å²) in [5, 5.41) is 3.79. The summed E-state index contributed by atoms with van der Waals surface area (Å²) in [7, 11) is 1.51. The molecule has 0 aliphatic rings. The zero-order valence-electron chi connectivity index (χ0n) is 9.26. The molecule has 17 heavy (non-hydrogen) atoms. The fourth-order valence-corrected chi connectivity index (χ4v) is 1.38. The van der Waals surface area contributed by atoms with Crippen LogP contribution in [0.2, 0.25) is 0 Å². The number of hydrogen-bond donors (Lipinski definition) is 1. The lowest BCUT2D eigenvalue weighted by Gasteiger charge is -2.05. The van der Waals surface area contributed by atoms with E-state index in [0.717, 1.165) is 0 Å². The number of methoxy groups -OCH3 is 1. The van der Waals surface area contributed by atoms with E-state index in [2.05, 4.69) is 10.1 Å². The minimum Gasteiger partial charge on any atom is -0.370 e.